The maximum Gasteiger partial charge on any atom is 0.338 e. The summed E-state index contributed by atoms with van der Waals surface area (Å²) >= 11 is 5.67. The Labute approximate surface area is 87.3 Å². The lowest BCUT2D eigenvalue weighted by Crippen LogP contribution is -2.06. The number of benzene rings is 1. The van der Waals surface area contributed by atoms with Crippen molar-refractivity contribution in [2.75, 3.05) is 6.61 Å². The first-order chi connectivity index (χ1) is 6.56. The average Bonchev–Trinajstić information content (AvgIpc) is 2.11. The Kier molecular flexibility index (Phi) is 3.36. The summed E-state index contributed by atoms with van der Waals surface area (Å²) in [4.78, 5) is 11.4. The number of esters is 1. The number of phenols is 1. The number of hydrogen-bond donors (Lipinski definition) is 1. The number of rotatable bonds is 2. The number of phenolic OH excluding ortho intramolecular Hbond substituents is 1. The Morgan fingerprint density at radius 1 is 1.57 bits per heavy atom. The van der Waals surface area contributed by atoms with Gasteiger partial charge in [-0.2, -0.15) is 0 Å². The van der Waals surface area contributed by atoms with E-state index in [1.54, 1.807) is 13.8 Å². The fourth-order valence-electron chi connectivity index (χ4n) is 1.10. The summed E-state index contributed by atoms with van der Waals surface area (Å²) in [6.45, 7) is 3.76. The zero-order chi connectivity index (χ0) is 10.7. The minimum Gasteiger partial charge on any atom is -0.506 e. The number of carbonyl (C=O) groups is 1. The van der Waals surface area contributed by atoms with Gasteiger partial charge in [0.05, 0.1) is 17.2 Å². The van der Waals surface area contributed by atoms with Crippen molar-refractivity contribution in [3.8, 4) is 5.75 Å². The number of hydrogen-bond acceptors (Lipinski definition) is 3. The molecule has 0 aliphatic heterocycles. The molecule has 76 valence electrons. The van der Waals surface area contributed by atoms with Crippen LogP contribution in [0.1, 0.15) is 22.8 Å². The fraction of sp³-hybridized carbons (Fsp3) is 0.300. The molecule has 1 aromatic rings. The van der Waals surface area contributed by atoms with E-state index < -0.39 is 5.97 Å². The second-order valence-corrected chi connectivity index (χ2v) is 3.25. The van der Waals surface area contributed by atoms with E-state index >= 15 is 0 Å². The zero-order valence-electron chi connectivity index (χ0n) is 8.00. The Hall–Kier alpha value is -1.22. The molecule has 4 heteroatoms. The molecule has 0 amide bonds. The third-order valence-corrected chi connectivity index (χ3v) is 2.09. The molecule has 0 aliphatic carbocycles. The van der Waals surface area contributed by atoms with Gasteiger partial charge < -0.3 is 9.84 Å². The highest BCUT2D eigenvalue weighted by Gasteiger charge is 2.12. The molecule has 1 rings (SSSR count). The summed E-state index contributed by atoms with van der Waals surface area (Å²) in [5, 5.41) is 9.40. The molecule has 0 aliphatic rings. The molecular weight excluding hydrogens is 204 g/mol. The minimum atomic E-state index is -0.424. The molecule has 0 radical (unpaired) electrons. The van der Waals surface area contributed by atoms with E-state index in [0.29, 0.717) is 17.7 Å². The number of aromatic hydroxyl groups is 1. The van der Waals surface area contributed by atoms with Crippen LogP contribution >= 0.6 is 11.6 Å². The SMILES string of the molecule is CCOC(=O)c1cc(Cl)c(O)cc1C. The second-order valence-electron chi connectivity index (χ2n) is 2.84. The molecular formula is C10H11ClO3. The number of halogens is 1. The van der Waals surface area contributed by atoms with E-state index in [-0.39, 0.29) is 10.8 Å². The maximum absolute atomic E-state index is 11.4. The van der Waals surface area contributed by atoms with Crippen LogP contribution in [0.3, 0.4) is 0 Å². The number of carbonyl (C=O) groups excluding carboxylic acids is 1. The highest BCUT2D eigenvalue weighted by Crippen LogP contribution is 2.26. The van der Waals surface area contributed by atoms with E-state index in [0.717, 1.165) is 0 Å². The molecule has 0 unspecified atom stereocenters. The third kappa shape index (κ3) is 2.17. The molecule has 1 N–H and O–H groups in total. The van der Waals surface area contributed by atoms with Crippen molar-refractivity contribution < 1.29 is 14.6 Å². The largest absolute Gasteiger partial charge is 0.506 e. The Morgan fingerprint density at radius 3 is 2.79 bits per heavy atom. The molecule has 14 heavy (non-hydrogen) atoms. The molecule has 0 spiro atoms. The van der Waals surface area contributed by atoms with Crippen LogP contribution in [0, 0.1) is 6.92 Å². The van der Waals surface area contributed by atoms with Gasteiger partial charge in [0.15, 0.2) is 0 Å². The Bertz CT molecular complexity index is 361. The van der Waals surface area contributed by atoms with Crippen LogP contribution in [0.25, 0.3) is 0 Å². The maximum atomic E-state index is 11.4. The van der Waals surface area contributed by atoms with Crippen molar-refractivity contribution in [2.45, 2.75) is 13.8 Å². The van der Waals surface area contributed by atoms with Gasteiger partial charge in [-0.05, 0) is 31.5 Å². The van der Waals surface area contributed by atoms with Gasteiger partial charge in [-0.3, -0.25) is 0 Å². The van der Waals surface area contributed by atoms with Crippen LogP contribution in [-0.2, 0) is 4.74 Å². The lowest BCUT2D eigenvalue weighted by atomic mass is 10.1. The summed E-state index contributed by atoms with van der Waals surface area (Å²) in [5.74, 6) is -0.455. The van der Waals surface area contributed by atoms with Gasteiger partial charge in [-0.1, -0.05) is 11.6 Å². The normalized spacial score (nSPS) is 9.93. The van der Waals surface area contributed by atoms with Gasteiger partial charge in [0.25, 0.3) is 0 Å². The van der Waals surface area contributed by atoms with E-state index in [1.807, 2.05) is 0 Å². The summed E-state index contributed by atoms with van der Waals surface area (Å²) in [5.41, 5.74) is 1.03. The van der Waals surface area contributed by atoms with Crippen LogP contribution < -0.4 is 0 Å². The highest BCUT2D eigenvalue weighted by atomic mass is 35.5. The predicted molar refractivity (Wildman–Crippen MR) is 53.8 cm³/mol. The first-order valence-corrected chi connectivity index (χ1v) is 4.60. The molecule has 0 atom stereocenters. The van der Waals surface area contributed by atoms with Crippen LogP contribution in [0.15, 0.2) is 12.1 Å². The van der Waals surface area contributed by atoms with Crippen LogP contribution in [-0.4, -0.2) is 17.7 Å². The van der Waals surface area contributed by atoms with Gasteiger partial charge in [-0.15, -0.1) is 0 Å². The molecule has 1 aromatic carbocycles. The smallest absolute Gasteiger partial charge is 0.338 e. The molecule has 0 saturated heterocycles. The predicted octanol–water partition coefficient (Wildman–Crippen LogP) is 2.53. The van der Waals surface area contributed by atoms with E-state index in [1.165, 1.54) is 12.1 Å². The molecule has 0 bridgehead atoms. The second kappa shape index (κ2) is 4.33. The summed E-state index contributed by atoms with van der Waals surface area (Å²) in [7, 11) is 0. The van der Waals surface area contributed by atoms with E-state index in [2.05, 4.69) is 0 Å². The topological polar surface area (TPSA) is 46.5 Å². The fourth-order valence-corrected chi connectivity index (χ4v) is 1.26. The summed E-state index contributed by atoms with van der Waals surface area (Å²) < 4.78 is 4.82. The van der Waals surface area contributed by atoms with Gasteiger partial charge in [0, 0.05) is 0 Å². The van der Waals surface area contributed by atoms with Crippen LogP contribution in [0.4, 0.5) is 0 Å². The standard InChI is InChI=1S/C10H11ClO3/c1-3-14-10(13)7-5-8(11)9(12)4-6(7)2/h4-5,12H,3H2,1-2H3. The molecule has 0 fully saturated rings. The lowest BCUT2D eigenvalue weighted by Gasteiger charge is -2.06. The van der Waals surface area contributed by atoms with E-state index in [4.69, 9.17) is 16.3 Å². The quantitative estimate of drug-likeness (QED) is 0.770. The average molecular weight is 215 g/mol. The monoisotopic (exact) mass is 214 g/mol. The van der Waals surface area contributed by atoms with Crippen molar-refractivity contribution in [2.24, 2.45) is 0 Å². The van der Waals surface area contributed by atoms with Crippen molar-refractivity contribution in [3.05, 3.63) is 28.3 Å². The Morgan fingerprint density at radius 2 is 2.21 bits per heavy atom. The van der Waals surface area contributed by atoms with Gasteiger partial charge in [-0.25, -0.2) is 4.79 Å². The number of aryl methyl sites for hydroxylation is 1. The highest BCUT2D eigenvalue weighted by molar-refractivity contribution is 6.32. The van der Waals surface area contributed by atoms with Crippen LogP contribution in [0.2, 0.25) is 5.02 Å². The molecule has 0 heterocycles. The minimum absolute atomic E-state index is 0.0304. The van der Waals surface area contributed by atoms with Crippen molar-refractivity contribution in [1.29, 1.82) is 0 Å². The molecule has 3 nitrogen and oxygen atoms in total. The summed E-state index contributed by atoms with van der Waals surface area (Å²) in [6, 6.07) is 2.85. The van der Waals surface area contributed by atoms with Gasteiger partial charge in [0.1, 0.15) is 5.75 Å². The van der Waals surface area contributed by atoms with E-state index in [9.17, 15) is 9.90 Å². The first kappa shape index (κ1) is 10.9. The van der Waals surface area contributed by atoms with Crippen molar-refractivity contribution >= 4 is 17.6 Å². The molecule has 0 aromatic heterocycles. The third-order valence-electron chi connectivity index (χ3n) is 1.79. The van der Waals surface area contributed by atoms with Gasteiger partial charge in [0.2, 0.25) is 0 Å². The van der Waals surface area contributed by atoms with Crippen molar-refractivity contribution in [3.63, 3.8) is 0 Å². The lowest BCUT2D eigenvalue weighted by molar-refractivity contribution is 0.0525. The van der Waals surface area contributed by atoms with Crippen molar-refractivity contribution in [1.82, 2.24) is 0 Å². The molecule has 0 saturated carbocycles. The van der Waals surface area contributed by atoms with Crippen LogP contribution in [0.5, 0.6) is 5.75 Å². The zero-order valence-corrected chi connectivity index (χ0v) is 8.76. The Balaban J connectivity index is 3.09. The first-order valence-electron chi connectivity index (χ1n) is 4.22. The number of ether oxygens (including phenoxy) is 1. The summed E-state index contributed by atoms with van der Waals surface area (Å²) in [6.07, 6.45) is 0. The van der Waals surface area contributed by atoms with Gasteiger partial charge >= 0.3 is 5.97 Å².